The van der Waals surface area contributed by atoms with Gasteiger partial charge in [0.1, 0.15) is 6.10 Å². The predicted molar refractivity (Wildman–Crippen MR) is 74.6 cm³/mol. The highest BCUT2D eigenvalue weighted by Gasteiger charge is 2.30. The van der Waals surface area contributed by atoms with Crippen LogP contribution in [-0.4, -0.2) is 29.8 Å². The van der Waals surface area contributed by atoms with E-state index >= 15 is 0 Å². The van der Waals surface area contributed by atoms with E-state index in [1.165, 1.54) is 0 Å². The molecule has 1 heterocycles. The molecule has 2 rings (SSSR count). The van der Waals surface area contributed by atoms with Crippen LogP contribution in [-0.2, 0) is 14.3 Å². The lowest BCUT2D eigenvalue weighted by molar-refractivity contribution is -0.144. The summed E-state index contributed by atoms with van der Waals surface area (Å²) in [5.41, 5.74) is 0.746. The van der Waals surface area contributed by atoms with Crippen LogP contribution in [0.5, 0.6) is 0 Å². The minimum absolute atomic E-state index is 0.207. The van der Waals surface area contributed by atoms with Crippen molar-refractivity contribution in [3.05, 3.63) is 47.6 Å². The number of ether oxygens (including phenoxy) is 2. The summed E-state index contributed by atoms with van der Waals surface area (Å²) in [7, 11) is 1.56. The first-order valence-electron chi connectivity index (χ1n) is 6.75. The number of rotatable bonds is 6. The van der Waals surface area contributed by atoms with Crippen LogP contribution in [0.2, 0.25) is 0 Å². The maximum atomic E-state index is 12.2. The molecule has 0 saturated carbocycles. The molecule has 0 aliphatic heterocycles. The number of hydrogen-bond acceptors (Lipinski definition) is 6. The Labute approximate surface area is 123 Å². The van der Waals surface area contributed by atoms with Crippen molar-refractivity contribution in [2.24, 2.45) is 0 Å². The van der Waals surface area contributed by atoms with E-state index in [0.717, 1.165) is 5.56 Å². The van der Waals surface area contributed by atoms with Crippen LogP contribution < -0.4 is 0 Å². The molecule has 0 N–H and O–H groups in total. The Kier molecular flexibility index (Phi) is 5.05. The molecule has 21 heavy (non-hydrogen) atoms. The van der Waals surface area contributed by atoms with E-state index < -0.39 is 11.9 Å². The smallest absolute Gasteiger partial charge is 0.323 e. The molecule has 1 aromatic carbocycles. The first-order chi connectivity index (χ1) is 10.2. The van der Waals surface area contributed by atoms with Crippen LogP contribution in [0.25, 0.3) is 0 Å². The van der Waals surface area contributed by atoms with Crippen LogP contribution in [0.1, 0.15) is 43.1 Å². The Bertz CT molecular complexity index is 582. The Hall–Kier alpha value is -2.21. The zero-order valence-electron chi connectivity index (χ0n) is 12.3. The Morgan fingerprint density at radius 3 is 2.67 bits per heavy atom. The van der Waals surface area contributed by atoms with E-state index in [4.69, 9.17) is 14.0 Å². The predicted octanol–water partition coefficient (Wildman–Crippen LogP) is 2.47. The summed E-state index contributed by atoms with van der Waals surface area (Å²) in [6.07, 6.45) is -0.305. The average molecular weight is 290 g/mol. The minimum atomic E-state index is -0.726. The number of hydrogen-bond donors (Lipinski definition) is 0. The van der Waals surface area contributed by atoms with Crippen molar-refractivity contribution < 1.29 is 18.8 Å². The van der Waals surface area contributed by atoms with Gasteiger partial charge in [0.2, 0.25) is 5.89 Å². The highest BCUT2D eigenvalue weighted by molar-refractivity contribution is 5.80. The molecule has 6 nitrogen and oxygen atoms in total. The highest BCUT2D eigenvalue weighted by atomic mass is 16.5. The number of methoxy groups -OCH3 is 1. The first kappa shape index (κ1) is 15.2. The van der Waals surface area contributed by atoms with E-state index in [9.17, 15) is 4.79 Å². The maximum Gasteiger partial charge on any atom is 0.323 e. The molecule has 112 valence electrons. The second-order valence-corrected chi connectivity index (χ2v) is 4.46. The van der Waals surface area contributed by atoms with Gasteiger partial charge in [-0.1, -0.05) is 35.5 Å². The van der Waals surface area contributed by atoms with E-state index in [2.05, 4.69) is 10.1 Å². The molecule has 0 aliphatic carbocycles. The molecule has 0 spiro atoms. The molecule has 1 aromatic heterocycles. The number of carbonyl (C=O) groups is 1. The summed E-state index contributed by atoms with van der Waals surface area (Å²) in [4.78, 5) is 16.5. The largest absolute Gasteiger partial charge is 0.465 e. The maximum absolute atomic E-state index is 12.2. The van der Waals surface area contributed by atoms with Crippen molar-refractivity contribution in [2.75, 3.05) is 13.7 Å². The fourth-order valence-electron chi connectivity index (χ4n) is 1.89. The lowest BCUT2D eigenvalue weighted by Gasteiger charge is -2.11. The summed E-state index contributed by atoms with van der Waals surface area (Å²) in [5.74, 6) is -0.531. The Balaban J connectivity index is 2.36. The molecule has 2 atom stereocenters. The molecule has 0 fully saturated rings. The van der Waals surface area contributed by atoms with Gasteiger partial charge in [-0.05, 0) is 19.4 Å². The first-order valence-corrected chi connectivity index (χ1v) is 6.75. The van der Waals surface area contributed by atoms with E-state index in [-0.39, 0.29) is 18.6 Å². The second-order valence-electron chi connectivity index (χ2n) is 4.46. The van der Waals surface area contributed by atoms with Crippen LogP contribution in [0, 0.1) is 0 Å². The molecular weight excluding hydrogens is 272 g/mol. The third-order valence-electron chi connectivity index (χ3n) is 3.08. The molecule has 2 aromatic rings. The minimum Gasteiger partial charge on any atom is -0.465 e. The lowest BCUT2D eigenvalue weighted by Crippen LogP contribution is -2.17. The van der Waals surface area contributed by atoms with Crippen LogP contribution in [0.3, 0.4) is 0 Å². The molecule has 0 bridgehead atoms. The van der Waals surface area contributed by atoms with Gasteiger partial charge in [0.25, 0.3) is 0 Å². The van der Waals surface area contributed by atoms with Crippen molar-refractivity contribution in [3.8, 4) is 0 Å². The lowest BCUT2D eigenvalue weighted by atomic mass is 9.99. The van der Waals surface area contributed by atoms with Crippen molar-refractivity contribution in [2.45, 2.75) is 25.9 Å². The van der Waals surface area contributed by atoms with Gasteiger partial charge in [-0.25, -0.2) is 0 Å². The Morgan fingerprint density at radius 1 is 1.33 bits per heavy atom. The number of nitrogens with zero attached hydrogens (tertiary/aromatic N) is 2. The van der Waals surface area contributed by atoms with E-state index in [1.807, 2.05) is 30.3 Å². The van der Waals surface area contributed by atoms with Gasteiger partial charge < -0.3 is 14.0 Å². The summed E-state index contributed by atoms with van der Waals surface area (Å²) in [5, 5.41) is 3.86. The van der Waals surface area contributed by atoms with Crippen molar-refractivity contribution in [3.63, 3.8) is 0 Å². The van der Waals surface area contributed by atoms with E-state index in [1.54, 1.807) is 21.0 Å². The molecule has 0 amide bonds. The standard InChI is InChI=1S/C15H18N2O4/c1-4-20-15(18)12(11-8-6-5-7-9-11)14-16-13(17-21-14)10(2)19-3/h5-10,12H,4H2,1-3H3. The normalized spacial score (nSPS) is 13.7. The highest BCUT2D eigenvalue weighted by Crippen LogP contribution is 2.26. The van der Waals surface area contributed by atoms with Gasteiger partial charge in [-0.15, -0.1) is 0 Å². The Morgan fingerprint density at radius 2 is 2.05 bits per heavy atom. The number of carbonyl (C=O) groups excluding carboxylic acids is 1. The summed E-state index contributed by atoms with van der Waals surface area (Å²) < 4.78 is 15.5. The third-order valence-corrected chi connectivity index (χ3v) is 3.08. The number of benzene rings is 1. The SMILES string of the molecule is CCOC(=O)C(c1ccccc1)c1nc(C(C)OC)no1. The second kappa shape index (κ2) is 6.99. The molecule has 0 radical (unpaired) electrons. The molecule has 0 aliphatic rings. The van der Waals surface area contributed by atoms with Gasteiger partial charge in [0, 0.05) is 7.11 Å². The van der Waals surface area contributed by atoms with Gasteiger partial charge in [-0.2, -0.15) is 4.98 Å². The van der Waals surface area contributed by atoms with Gasteiger partial charge in [-0.3, -0.25) is 4.79 Å². The van der Waals surface area contributed by atoms with Crippen molar-refractivity contribution >= 4 is 5.97 Å². The van der Waals surface area contributed by atoms with Gasteiger partial charge >= 0.3 is 5.97 Å². The summed E-state index contributed by atoms with van der Waals surface area (Å²) >= 11 is 0. The van der Waals surface area contributed by atoms with Crippen LogP contribution >= 0.6 is 0 Å². The zero-order chi connectivity index (χ0) is 15.2. The summed E-state index contributed by atoms with van der Waals surface area (Å²) in [6.45, 7) is 3.85. The summed E-state index contributed by atoms with van der Waals surface area (Å²) in [6, 6.07) is 9.21. The van der Waals surface area contributed by atoms with Gasteiger partial charge in [0.15, 0.2) is 11.7 Å². The quantitative estimate of drug-likeness (QED) is 0.761. The third kappa shape index (κ3) is 3.46. The molecule has 6 heteroatoms. The van der Waals surface area contributed by atoms with Crippen molar-refractivity contribution in [1.82, 2.24) is 10.1 Å². The topological polar surface area (TPSA) is 74.5 Å². The molecule has 0 saturated heterocycles. The van der Waals surface area contributed by atoms with Crippen molar-refractivity contribution in [1.29, 1.82) is 0 Å². The van der Waals surface area contributed by atoms with E-state index in [0.29, 0.717) is 5.82 Å². The number of esters is 1. The molecule has 2 unspecified atom stereocenters. The molecular formula is C15H18N2O4. The average Bonchev–Trinajstić information content (AvgIpc) is 2.97. The van der Waals surface area contributed by atoms with Crippen LogP contribution in [0.4, 0.5) is 0 Å². The monoisotopic (exact) mass is 290 g/mol. The van der Waals surface area contributed by atoms with Crippen LogP contribution in [0.15, 0.2) is 34.9 Å². The number of aromatic nitrogens is 2. The fourth-order valence-corrected chi connectivity index (χ4v) is 1.89. The fraction of sp³-hybridized carbons (Fsp3) is 0.400. The van der Waals surface area contributed by atoms with Gasteiger partial charge in [0.05, 0.1) is 6.61 Å². The zero-order valence-corrected chi connectivity index (χ0v) is 12.3.